The Kier molecular flexibility index (Phi) is 39.2. The number of nitrogens with two attached hydrogens (primary N) is 2. The van der Waals surface area contributed by atoms with Gasteiger partial charge in [-0.25, -0.2) is 0 Å². The lowest BCUT2D eigenvalue weighted by atomic mass is 9.65. The van der Waals surface area contributed by atoms with E-state index in [-0.39, 0.29) is 76.2 Å². The Morgan fingerprint density at radius 2 is 1.19 bits per heavy atom. The molecule has 0 radical (unpaired) electrons. The van der Waals surface area contributed by atoms with E-state index in [9.17, 15) is 34.5 Å². The molecular weight excluding hydrogens is 885 g/mol. The first-order valence-electron chi connectivity index (χ1n) is 22.3. The molecule has 1 fully saturated rings. The molecule has 25 heteroatoms. The van der Waals surface area contributed by atoms with Gasteiger partial charge in [0, 0.05) is 49.1 Å². The Morgan fingerprint density at radius 1 is 0.716 bits per heavy atom. The minimum Gasteiger partial charge on any atom is -0.462 e. The average molecular weight is 969 g/mol. The number of azide groups is 2. The summed E-state index contributed by atoms with van der Waals surface area (Å²) in [7, 11) is 3.15. The Hall–Kier alpha value is -3.94. The zero-order valence-electron chi connectivity index (χ0n) is 41.6. The van der Waals surface area contributed by atoms with Crippen molar-refractivity contribution in [2.75, 3.05) is 119 Å². The molecule has 0 amide bonds. The summed E-state index contributed by atoms with van der Waals surface area (Å²) in [4.78, 5) is 56.3. The first kappa shape index (κ1) is 67.3. The summed E-state index contributed by atoms with van der Waals surface area (Å²) in [6.45, 7) is 16.7. The van der Waals surface area contributed by atoms with Crippen LogP contribution < -0.4 is 22.1 Å². The summed E-state index contributed by atoms with van der Waals surface area (Å²) in [6.07, 6.45) is -2.24. The molecule has 0 aromatic heterocycles. The number of likely N-dealkylation sites (N-methyl/N-ethyl adjacent to an activating group) is 1. The van der Waals surface area contributed by atoms with Gasteiger partial charge in [0.2, 0.25) is 0 Å². The molecule has 1 heterocycles. The SMILES string of the molecule is CCC(C)(C)C(=O)OCC1CO1.CCC(C)(CC(C)(CC(C)(C)C(=O)OCC(O)CO)C(=O)OCC(O)CNCCOCCN=[N+]=[N-])C(=O)OCC(O)CNC.CN.[N-]=[N+]=NCCOCCN. The van der Waals surface area contributed by atoms with Gasteiger partial charge in [-0.3, -0.25) is 19.2 Å². The lowest BCUT2D eigenvalue weighted by Crippen LogP contribution is -2.45. The van der Waals surface area contributed by atoms with Crippen molar-refractivity contribution in [3.63, 3.8) is 0 Å². The summed E-state index contributed by atoms with van der Waals surface area (Å²) in [6, 6.07) is 0. The lowest BCUT2D eigenvalue weighted by molar-refractivity contribution is -0.172. The highest BCUT2D eigenvalue weighted by Crippen LogP contribution is 2.46. The van der Waals surface area contributed by atoms with E-state index in [0.29, 0.717) is 46.1 Å². The highest BCUT2D eigenvalue weighted by molar-refractivity contribution is 5.82. The van der Waals surface area contributed by atoms with Gasteiger partial charge in [-0.05, 0) is 92.4 Å². The van der Waals surface area contributed by atoms with Gasteiger partial charge >= 0.3 is 23.9 Å². The number of rotatable bonds is 34. The largest absolute Gasteiger partial charge is 0.462 e. The maximum Gasteiger partial charge on any atom is 0.311 e. The molecule has 0 spiro atoms. The molecule has 1 saturated heterocycles. The van der Waals surface area contributed by atoms with Crippen LogP contribution in [0.5, 0.6) is 0 Å². The second-order valence-electron chi connectivity index (χ2n) is 17.1. The minimum absolute atomic E-state index is 0.0860. The zero-order valence-corrected chi connectivity index (χ0v) is 41.6. The predicted octanol–water partition coefficient (Wildman–Crippen LogP) is 1.27. The third kappa shape index (κ3) is 33.2. The van der Waals surface area contributed by atoms with Crippen molar-refractivity contribution >= 4 is 23.9 Å². The van der Waals surface area contributed by atoms with Crippen LogP contribution in [0, 0.1) is 21.7 Å². The monoisotopic (exact) mass is 969 g/mol. The Balaban J connectivity index is -0.00000143. The molecule has 6 unspecified atom stereocenters. The van der Waals surface area contributed by atoms with Crippen LogP contribution in [0.3, 0.4) is 0 Å². The number of epoxide rings is 1. The average Bonchev–Trinajstić information content (AvgIpc) is 4.14. The number of hydrogen-bond donors (Lipinski definition) is 8. The number of hydrogen-bond acceptors (Lipinski definition) is 21. The number of aliphatic hydroxyl groups is 4. The number of esters is 4. The van der Waals surface area contributed by atoms with E-state index in [2.05, 4.69) is 36.4 Å². The lowest BCUT2D eigenvalue weighted by Gasteiger charge is -2.39. The molecule has 1 aliphatic rings. The third-order valence-corrected chi connectivity index (χ3v) is 9.90. The van der Waals surface area contributed by atoms with Crippen molar-refractivity contribution in [1.29, 1.82) is 0 Å². The van der Waals surface area contributed by atoms with Crippen molar-refractivity contribution in [2.45, 2.75) is 105 Å². The summed E-state index contributed by atoms with van der Waals surface area (Å²) in [5.74, 6) is -2.24. The molecule has 0 aromatic carbocycles. The van der Waals surface area contributed by atoms with Gasteiger partial charge in [0.05, 0.1) is 61.3 Å². The van der Waals surface area contributed by atoms with Gasteiger partial charge in [0.1, 0.15) is 50.8 Å². The summed E-state index contributed by atoms with van der Waals surface area (Å²) < 4.78 is 36.2. The summed E-state index contributed by atoms with van der Waals surface area (Å²) >= 11 is 0. The third-order valence-electron chi connectivity index (χ3n) is 9.90. The van der Waals surface area contributed by atoms with Gasteiger partial charge in [-0.15, -0.1) is 0 Å². The molecular formula is C42H84N10O15. The fraction of sp³-hybridized carbons (Fsp3) is 0.905. The van der Waals surface area contributed by atoms with Crippen LogP contribution in [-0.2, 0) is 52.3 Å². The maximum absolute atomic E-state index is 13.6. The number of nitrogens with one attached hydrogen (secondary N) is 2. The summed E-state index contributed by atoms with van der Waals surface area (Å²) in [5.41, 5.74) is 21.4. The molecule has 0 aliphatic carbocycles. The van der Waals surface area contributed by atoms with E-state index in [4.69, 9.17) is 55.1 Å². The maximum atomic E-state index is 13.6. The molecule has 67 heavy (non-hydrogen) atoms. The Morgan fingerprint density at radius 3 is 1.66 bits per heavy atom. The smallest absolute Gasteiger partial charge is 0.311 e. The Labute approximate surface area is 395 Å². The topological polar surface area (TPSA) is 391 Å². The van der Waals surface area contributed by atoms with Gasteiger partial charge in [-0.2, -0.15) is 0 Å². The van der Waals surface area contributed by atoms with Crippen LogP contribution in [0.25, 0.3) is 20.9 Å². The molecule has 0 saturated carbocycles. The molecule has 0 aromatic rings. The molecule has 6 atom stereocenters. The van der Waals surface area contributed by atoms with E-state index in [1.54, 1.807) is 41.7 Å². The second-order valence-corrected chi connectivity index (χ2v) is 17.1. The van der Waals surface area contributed by atoms with Crippen molar-refractivity contribution in [2.24, 2.45) is 43.4 Å². The highest BCUT2D eigenvalue weighted by atomic mass is 16.6. The quantitative estimate of drug-likeness (QED) is 0.00856. The van der Waals surface area contributed by atoms with Crippen LogP contribution in [0.4, 0.5) is 0 Å². The molecule has 25 nitrogen and oxygen atoms in total. The fourth-order valence-corrected chi connectivity index (χ4v) is 5.60. The van der Waals surface area contributed by atoms with E-state index < -0.39 is 65.7 Å². The number of carbonyl (C=O) groups excluding carboxylic acids is 4. The van der Waals surface area contributed by atoms with Crippen LogP contribution >= 0.6 is 0 Å². The highest BCUT2D eigenvalue weighted by Gasteiger charge is 2.50. The number of aliphatic hydroxyl groups excluding tert-OH is 4. The standard InChI is InChI=1S/C28H53N5O11.C9H16O3.C4H10N4O.CH5N/c1-7-27(4,24(39)43-15-20(35)12-30-6)19-28(5,18-26(2,3)23(38)42-17-22(37)14-34)25(40)44-16-21(36)13-31-8-10-41-11-9-32-33-29;1-4-9(2,3)8(10)12-6-7-5-11-7;5-1-3-9-4-2-7-8-6;1-2/h20-22,30-31,34-37H,7-19H2,1-6H3;7H,4-6H2,1-3H3;1-5H2;2H2,1H3. The summed E-state index contributed by atoms with van der Waals surface area (Å²) in [5, 5.41) is 51.4. The molecule has 1 aliphatic heterocycles. The molecule has 392 valence electrons. The van der Waals surface area contributed by atoms with E-state index in [0.717, 1.165) is 13.0 Å². The predicted molar refractivity (Wildman–Crippen MR) is 248 cm³/mol. The van der Waals surface area contributed by atoms with Crippen molar-refractivity contribution in [3.05, 3.63) is 20.9 Å². The van der Waals surface area contributed by atoms with E-state index in [1.165, 1.54) is 7.05 Å². The van der Waals surface area contributed by atoms with Crippen molar-refractivity contribution in [1.82, 2.24) is 10.6 Å². The van der Waals surface area contributed by atoms with Gasteiger partial charge in [0.15, 0.2) is 0 Å². The van der Waals surface area contributed by atoms with E-state index >= 15 is 0 Å². The normalized spacial score (nSPS) is 16.0. The van der Waals surface area contributed by atoms with Gasteiger partial charge < -0.3 is 75.7 Å². The number of carbonyl (C=O) groups is 4. The van der Waals surface area contributed by atoms with Gasteiger partial charge in [0.25, 0.3) is 0 Å². The van der Waals surface area contributed by atoms with Crippen LogP contribution in [0.2, 0.25) is 0 Å². The number of nitrogens with zero attached hydrogens (tertiary/aromatic N) is 6. The first-order chi connectivity index (χ1) is 31.6. The first-order valence-corrected chi connectivity index (χ1v) is 22.3. The van der Waals surface area contributed by atoms with Crippen LogP contribution in [0.15, 0.2) is 10.2 Å². The number of ether oxygens (including phenoxy) is 7. The Bertz CT molecular complexity index is 1450. The van der Waals surface area contributed by atoms with Crippen molar-refractivity contribution < 1.29 is 72.8 Å². The van der Waals surface area contributed by atoms with Crippen LogP contribution in [-0.4, -0.2) is 188 Å². The second kappa shape index (κ2) is 39.0. The fourth-order valence-electron chi connectivity index (χ4n) is 5.60. The van der Waals surface area contributed by atoms with E-state index in [1.807, 2.05) is 20.8 Å². The zero-order chi connectivity index (χ0) is 52.0. The molecule has 10 N–H and O–H groups in total. The van der Waals surface area contributed by atoms with Crippen molar-refractivity contribution in [3.8, 4) is 0 Å². The van der Waals surface area contributed by atoms with Gasteiger partial charge in [-0.1, -0.05) is 24.1 Å². The molecule has 0 bridgehead atoms. The van der Waals surface area contributed by atoms with Crippen LogP contribution in [0.1, 0.15) is 81.1 Å². The minimum atomic E-state index is -1.45. The molecule has 1 rings (SSSR count).